The van der Waals surface area contributed by atoms with Crippen LogP contribution in [0.4, 0.5) is 0 Å². The van der Waals surface area contributed by atoms with Gasteiger partial charge in [0.15, 0.2) is 0 Å². The molecule has 0 spiro atoms. The summed E-state index contributed by atoms with van der Waals surface area (Å²) in [6, 6.07) is 7.26. The van der Waals surface area contributed by atoms with Gasteiger partial charge in [-0.2, -0.15) is 0 Å². The van der Waals surface area contributed by atoms with Crippen molar-refractivity contribution in [2.75, 3.05) is 31.2 Å². The summed E-state index contributed by atoms with van der Waals surface area (Å²) in [5, 5.41) is 10.2. The van der Waals surface area contributed by atoms with Gasteiger partial charge < -0.3 is 15.6 Å². The smallest absolute Gasteiger partial charge is 0.241 e. The Morgan fingerprint density at radius 2 is 2.17 bits per heavy atom. The van der Waals surface area contributed by atoms with Gasteiger partial charge in [0, 0.05) is 30.1 Å². The van der Waals surface area contributed by atoms with E-state index in [0.717, 1.165) is 26.1 Å². The van der Waals surface area contributed by atoms with Gasteiger partial charge in [0.1, 0.15) is 6.54 Å². The fourth-order valence-corrected chi connectivity index (χ4v) is 4.66. The third-order valence-electron chi connectivity index (χ3n) is 5.67. The molecular weight excluding hydrogens is 288 g/mol. The van der Waals surface area contributed by atoms with Crippen molar-refractivity contribution in [2.45, 2.75) is 31.2 Å². The highest BCUT2D eigenvalue weighted by Crippen LogP contribution is 2.41. The lowest BCUT2D eigenvalue weighted by atomic mass is 9.76. The fourth-order valence-electron chi connectivity index (χ4n) is 4.66. The summed E-state index contributed by atoms with van der Waals surface area (Å²) in [6.45, 7) is 3.17. The van der Waals surface area contributed by atoms with Crippen LogP contribution < -0.4 is 15.6 Å². The summed E-state index contributed by atoms with van der Waals surface area (Å²) in [5.74, 6) is 0.751. The van der Waals surface area contributed by atoms with Crippen molar-refractivity contribution in [1.29, 1.82) is 0 Å². The van der Waals surface area contributed by atoms with Crippen LogP contribution in [-0.2, 0) is 11.2 Å². The quantitative estimate of drug-likeness (QED) is 0.829. The lowest BCUT2D eigenvalue weighted by Gasteiger charge is -2.36. The highest BCUT2D eigenvalue weighted by Gasteiger charge is 2.34. The zero-order valence-corrected chi connectivity index (χ0v) is 13.2. The largest absolute Gasteiger partial charge is 0.353 e. The van der Waals surface area contributed by atoms with Gasteiger partial charge in [-0.15, -0.1) is 0 Å². The number of hydrogen-bond donors (Lipinski definition) is 2. The summed E-state index contributed by atoms with van der Waals surface area (Å²) in [7, 11) is 0. The van der Waals surface area contributed by atoms with Crippen LogP contribution in [-0.4, -0.2) is 42.8 Å². The van der Waals surface area contributed by atoms with E-state index in [-0.39, 0.29) is 5.91 Å². The van der Waals surface area contributed by atoms with Crippen molar-refractivity contribution in [3.8, 4) is 0 Å². The second-order valence-corrected chi connectivity index (χ2v) is 6.99. The third kappa shape index (κ3) is 1.99. The van der Waals surface area contributed by atoms with E-state index >= 15 is 0 Å². The van der Waals surface area contributed by atoms with Gasteiger partial charge in [0.05, 0.1) is 12.1 Å². The highest BCUT2D eigenvalue weighted by molar-refractivity contribution is 5.90. The number of carbonyl (C=O) groups excluding carboxylic acids is 1. The maximum Gasteiger partial charge on any atom is 0.241 e. The van der Waals surface area contributed by atoms with Gasteiger partial charge in [-0.3, -0.25) is 9.47 Å². The molecule has 5 rings (SSSR count). The molecule has 3 aliphatic rings. The van der Waals surface area contributed by atoms with Gasteiger partial charge in [0.25, 0.3) is 0 Å². The maximum atomic E-state index is 11.8. The Labute approximate surface area is 135 Å². The first-order valence-corrected chi connectivity index (χ1v) is 8.69. The Morgan fingerprint density at radius 3 is 3.09 bits per heavy atom. The molecule has 1 amide bonds. The Balaban J connectivity index is 1.65. The monoisotopic (exact) mass is 310 g/mol. The zero-order valence-electron chi connectivity index (χ0n) is 13.2. The van der Waals surface area contributed by atoms with Gasteiger partial charge in [-0.05, 0) is 43.0 Å². The summed E-state index contributed by atoms with van der Waals surface area (Å²) in [6.07, 6.45) is 5.91. The standard InChI is InChI=1S/C18H22N4O/c23-17-11-21(8-7-20-17)22-10-12-9-15-13(4-2-6-19-15)14-3-1-5-16(22)18(12)14/h1,3,5,10,13,15,19H,2,4,6-9,11H2,(H,20,23)/t13-,15-/m1/s1. The number of aromatic nitrogens is 1. The second-order valence-electron chi connectivity index (χ2n) is 6.99. The van der Waals surface area contributed by atoms with E-state index in [9.17, 15) is 4.79 Å². The minimum Gasteiger partial charge on any atom is -0.353 e. The molecule has 1 aromatic heterocycles. The number of carbonyl (C=O) groups is 1. The number of hydrogen-bond acceptors (Lipinski definition) is 3. The lowest BCUT2D eigenvalue weighted by molar-refractivity contribution is -0.120. The molecule has 2 aromatic rings. The molecule has 1 aromatic carbocycles. The Kier molecular flexibility index (Phi) is 2.92. The molecule has 2 saturated heterocycles. The van der Waals surface area contributed by atoms with Crippen molar-refractivity contribution in [3.63, 3.8) is 0 Å². The molecule has 5 heteroatoms. The number of nitrogens with one attached hydrogen (secondary N) is 2. The maximum absolute atomic E-state index is 11.8. The number of fused-ring (bicyclic) bond motifs is 2. The average molecular weight is 310 g/mol. The Hall–Kier alpha value is -2.01. The predicted molar refractivity (Wildman–Crippen MR) is 90.4 cm³/mol. The summed E-state index contributed by atoms with van der Waals surface area (Å²) in [5.41, 5.74) is 4.19. The molecule has 23 heavy (non-hydrogen) atoms. The number of piperidine rings is 1. The van der Waals surface area contributed by atoms with Crippen LogP contribution in [0, 0.1) is 0 Å². The first-order chi connectivity index (χ1) is 11.3. The van der Waals surface area contributed by atoms with Crippen LogP contribution in [0.25, 0.3) is 10.9 Å². The first-order valence-electron chi connectivity index (χ1n) is 8.69. The molecule has 2 aliphatic heterocycles. The van der Waals surface area contributed by atoms with E-state index in [4.69, 9.17) is 0 Å². The molecule has 2 fully saturated rings. The van der Waals surface area contributed by atoms with E-state index in [0.29, 0.717) is 18.5 Å². The highest BCUT2D eigenvalue weighted by atomic mass is 16.2. The fraction of sp³-hybridized carbons (Fsp3) is 0.500. The minimum atomic E-state index is 0.112. The van der Waals surface area contributed by atoms with Gasteiger partial charge in [0.2, 0.25) is 5.91 Å². The van der Waals surface area contributed by atoms with E-state index in [1.54, 1.807) is 0 Å². The van der Waals surface area contributed by atoms with E-state index in [1.165, 1.54) is 34.9 Å². The molecule has 2 N–H and O–H groups in total. The average Bonchev–Trinajstić information content (AvgIpc) is 2.95. The first kappa shape index (κ1) is 13.4. The molecule has 0 bridgehead atoms. The van der Waals surface area contributed by atoms with E-state index < -0.39 is 0 Å². The molecule has 120 valence electrons. The second kappa shape index (κ2) is 4.99. The molecular formula is C18H22N4O. The van der Waals surface area contributed by atoms with Gasteiger partial charge >= 0.3 is 0 Å². The molecule has 2 atom stereocenters. The number of nitrogens with zero attached hydrogens (tertiary/aromatic N) is 2. The van der Waals surface area contributed by atoms with Crippen LogP contribution >= 0.6 is 0 Å². The molecule has 5 nitrogen and oxygen atoms in total. The van der Waals surface area contributed by atoms with E-state index in [1.807, 2.05) is 0 Å². The summed E-state index contributed by atoms with van der Waals surface area (Å²) >= 11 is 0. The van der Waals surface area contributed by atoms with Crippen LogP contribution in [0.3, 0.4) is 0 Å². The van der Waals surface area contributed by atoms with Crippen molar-refractivity contribution < 1.29 is 4.79 Å². The van der Waals surface area contributed by atoms with Crippen molar-refractivity contribution in [1.82, 2.24) is 15.3 Å². The topological polar surface area (TPSA) is 49.3 Å². The Bertz CT molecular complexity index is 781. The summed E-state index contributed by atoms with van der Waals surface area (Å²) < 4.78 is 2.23. The van der Waals surface area contributed by atoms with Crippen LogP contribution in [0.15, 0.2) is 24.4 Å². The van der Waals surface area contributed by atoms with Crippen LogP contribution in [0.2, 0.25) is 0 Å². The predicted octanol–water partition coefficient (Wildman–Crippen LogP) is 1.10. The van der Waals surface area contributed by atoms with Crippen molar-refractivity contribution in [3.05, 3.63) is 35.5 Å². The molecule has 3 heterocycles. The van der Waals surface area contributed by atoms with Crippen molar-refractivity contribution >= 4 is 16.8 Å². The van der Waals surface area contributed by atoms with Crippen LogP contribution in [0.1, 0.15) is 29.9 Å². The Morgan fingerprint density at radius 1 is 1.22 bits per heavy atom. The van der Waals surface area contributed by atoms with E-state index in [2.05, 4.69) is 44.7 Å². The minimum absolute atomic E-state index is 0.112. The molecule has 0 unspecified atom stereocenters. The van der Waals surface area contributed by atoms with Crippen molar-refractivity contribution in [2.24, 2.45) is 0 Å². The van der Waals surface area contributed by atoms with Gasteiger partial charge in [-0.25, -0.2) is 0 Å². The van der Waals surface area contributed by atoms with Gasteiger partial charge in [-0.1, -0.05) is 12.1 Å². The molecule has 1 aliphatic carbocycles. The third-order valence-corrected chi connectivity index (χ3v) is 5.67. The number of amides is 1. The van der Waals surface area contributed by atoms with Crippen LogP contribution in [0.5, 0.6) is 0 Å². The summed E-state index contributed by atoms with van der Waals surface area (Å²) in [4.78, 5) is 11.8. The number of rotatable bonds is 1. The zero-order chi connectivity index (χ0) is 15.4. The SMILES string of the molecule is O=C1CN(n2cc3c4c(cccc42)[C@H]2CCCN[C@@H]2C3)CCN1. The lowest BCUT2D eigenvalue weighted by Crippen LogP contribution is -2.52. The normalized spacial score (nSPS) is 27.0. The number of piperazine rings is 1. The number of benzene rings is 1. The molecule has 0 radical (unpaired) electrons. The molecule has 0 saturated carbocycles.